The van der Waals surface area contributed by atoms with Gasteiger partial charge in [0.1, 0.15) is 0 Å². The molecule has 0 saturated carbocycles. The smallest absolute Gasteiger partial charge is 0.213 e. The molecule has 0 saturated heterocycles. The van der Waals surface area contributed by atoms with E-state index in [-0.39, 0.29) is 0 Å². The highest BCUT2D eigenvalue weighted by atomic mass is 32.1. The zero-order chi connectivity index (χ0) is 14.7. The first-order valence-electron chi connectivity index (χ1n) is 6.32. The van der Waals surface area contributed by atoms with Crippen molar-refractivity contribution in [3.05, 3.63) is 53.2 Å². The first-order valence-corrected chi connectivity index (χ1v) is 6.73. The van der Waals surface area contributed by atoms with Crippen molar-refractivity contribution in [1.82, 2.24) is 24.7 Å². The fourth-order valence-corrected chi connectivity index (χ4v) is 2.22. The van der Waals surface area contributed by atoms with Crippen LogP contribution in [-0.2, 0) is 6.54 Å². The van der Waals surface area contributed by atoms with Gasteiger partial charge in [-0.2, -0.15) is 5.10 Å². The number of ether oxygens (including phenoxy) is 1. The van der Waals surface area contributed by atoms with Gasteiger partial charge in [-0.1, -0.05) is 0 Å². The van der Waals surface area contributed by atoms with Gasteiger partial charge in [0.15, 0.2) is 10.6 Å². The summed E-state index contributed by atoms with van der Waals surface area (Å²) in [5, 5.41) is 7.11. The second kappa shape index (κ2) is 5.84. The molecule has 0 radical (unpaired) electrons. The van der Waals surface area contributed by atoms with E-state index in [1.165, 1.54) is 0 Å². The molecule has 3 heterocycles. The van der Waals surface area contributed by atoms with Crippen molar-refractivity contribution in [2.24, 2.45) is 0 Å². The average Bonchev–Trinajstić information content (AvgIpc) is 2.89. The van der Waals surface area contributed by atoms with Crippen LogP contribution in [0.1, 0.15) is 5.56 Å². The van der Waals surface area contributed by atoms with Crippen LogP contribution in [0.2, 0.25) is 0 Å². The number of methoxy groups -OCH3 is 1. The van der Waals surface area contributed by atoms with Gasteiger partial charge in [-0.15, -0.1) is 0 Å². The summed E-state index contributed by atoms with van der Waals surface area (Å²) in [4.78, 5) is 8.21. The summed E-state index contributed by atoms with van der Waals surface area (Å²) in [5.74, 6) is 1.33. The third-order valence-corrected chi connectivity index (χ3v) is 3.34. The van der Waals surface area contributed by atoms with Gasteiger partial charge >= 0.3 is 0 Å². The lowest BCUT2D eigenvalue weighted by Crippen LogP contribution is -2.03. The van der Waals surface area contributed by atoms with Crippen LogP contribution in [0.3, 0.4) is 0 Å². The second-order valence-electron chi connectivity index (χ2n) is 4.39. The summed E-state index contributed by atoms with van der Waals surface area (Å²) >= 11 is 5.31. The number of hydrogen-bond donors (Lipinski definition) is 1. The van der Waals surface area contributed by atoms with Crippen molar-refractivity contribution >= 4 is 12.2 Å². The third kappa shape index (κ3) is 2.82. The predicted molar refractivity (Wildman–Crippen MR) is 80.5 cm³/mol. The molecule has 0 fully saturated rings. The summed E-state index contributed by atoms with van der Waals surface area (Å²) in [5.41, 5.74) is 1.94. The maximum absolute atomic E-state index is 5.31. The molecule has 0 aromatic carbocycles. The van der Waals surface area contributed by atoms with E-state index in [9.17, 15) is 0 Å². The monoisotopic (exact) mass is 299 g/mol. The first-order chi connectivity index (χ1) is 10.3. The molecule has 0 unspecified atom stereocenters. The van der Waals surface area contributed by atoms with Crippen LogP contribution in [0, 0.1) is 4.77 Å². The Labute approximate surface area is 126 Å². The van der Waals surface area contributed by atoms with E-state index in [1.54, 1.807) is 25.7 Å². The van der Waals surface area contributed by atoms with Gasteiger partial charge in [0.2, 0.25) is 5.88 Å². The Kier molecular flexibility index (Phi) is 3.74. The topological polar surface area (TPSA) is 68.6 Å². The highest BCUT2D eigenvalue weighted by Gasteiger charge is 2.09. The van der Waals surface area contributed by atoms with E-state index in [4.69, 9.17) is 17.0 Å². The fraction of sp³-hybridized carbons (Fsp3) is 0.143. The van der Waals surface area contributed by atoms with E-state index in [0.29, 0.717) is 17.2 Å². The van der Waals surface area contributed by atoms with Crippen molar-refractivity contribution in [2.75, 3.05) is 7.11 Å². The Hall–Kier alpha value is -2.54. The molecule has 0 amide bonds. The highest BCUT2D eigenvalue weighted by Crippen LogP contribution is 2.18. The number of aromatic amines is 1. The van der Waals surface area contributed by atoms with E-state index in [2.05, 4.69) is 20.2 Å². The van der Waals surface area contributed by atoms with Crippen molar-refractivity contribution in [1.29, 1.82) is 0 Å². The van der Waals surface area contributed by atoms with E-state index < -0.39 is 0 Å². The molecule has 3 aromatic heterocycles. The second-order valence-corrected chi connectivity index (χ2v) is 4.77. The number of nitrogens with one attached hydrogen (secondary N) is 1. The Morgan fingerprint density at radius 1 is 1.33 bits per heavy atom. The van der Waals surface area contributed by atoms with E-state index >= 15 is 0 Å². The molecule has 0 atom stereocenters. The lowest BCUT2D eigenvalue weighted by molar-refractivity contribution is 0.397. The number of pyridine rings is 2. The minimum Gasteiger partial charge on any atom is -0.481 e. The standard InChI is InChI=1S/C14H13N5OS/c1-20-12-7-10(4-6-16-12)9-19-13(17-18-14(19)21)11-3-2-5-15-8-11/h2-8H,9H2,1H3,(H,18,21). The van der Waals surface area contributed by atoms with Crippen molar-refractivity contribution in [2.45, 2.75) is 6.54 Å². The highest BCUT2D eigenvalue weighted by molar-refractivity contribution is 7.71. The number of aromatic nitrogens is 5. The minimum absolute atomic E-state index is 0.560. The molecule has 0 aliphatic rings. The van der Waals surface area contributed by atoms with Crippen LogP contribution in [0.4, 0.5) is 0 Å². The van der Waals surface area contributed by atoms with Gasteiger partial charge in [0, 0.05) is 30.2 Å². The van der Waals surface area contributed by atoms with Gasteiger partial charge in [-0.3, -0.25) is 14.6 Å². The zero-order valence-corrected chi connectivity index (χ0v) is 12.2. The number of nitrogens with zero attached hydrogens (tertiary/aromatic N) is 4. The molecule has 106 valence electrons. The molecule has 6 nitrogen and oxygen atoms in total. The van der Waals surface area contributed by atoms with Crippen LogP contribution in [0.25, 0.3) is 11.4 Å². The quantitative estimate of drug-likeness (QED) is 0.749. The van der Waals surface area contributed by atoms with Crippen LogP contribution in [-0.4, -0.2) is 31.8 Å². The summed E-state index contributed by atoms with van der Waals surface area (Å²) in [6, 6.07) is 7.61. The first kappa shape index (κ1) is 13.4. The summed E-state index contributed by atoms with van der Waals surface area (Å²) in [7, 11) is 1.59. The maximum Gasteiger partial charge on any atom is 0.213 e. The van der Waals surface area contributed by atoms with Crippen LogP contribution in [0.15, 0.2) is 42.9 Å². The van der Waals surface area contributed by atoms with Gasteiger partial charge in [-0.25, -0.2) is 4.98 Å². The molecule has 3 rings (SSSR count). The summed E-state index contributed by atoms with van der Waals surface area (Å²) in [6.07, 6.45) is 5.19. The van der Waals surface area contributed by atoms with Crippen LogP contribution in [0.5, 0.6) is 5.88 Å². The molecule has 0 spiro atoms. The molecule has 7 heteroatoms. The Morgan fingerprint density at radius 2 is 2.24 bits per heavy atom. The van der Waals surface area contributed by atoms with Crippen LogP contribution >= 0.6 is 12.2 Å². The fourth-order valence-electron chi connectivity index (χ4n) is 2.02. The molecule has 1 N–H and O–H groups in total. The molecule has 0 bridgehead atoms. The molecule has 3 aromatic rings. The van der Waals surface area contributed by atoms with Crippen molar-refractivity contribution in [3.8, 4) is 17.3 Å². The SMILES string of the molecule is COc1cc(Cn2c(-c3cccnc3)n[nH]c2=S)ccn1. The largest absolute Gasteiger partial charge is 0.481 e. The van der Waals surface area contributed by atoms with E-state index in [1.807, 2.05) is 28.8 Å². The van der Waals surface area contributed by atoms with Gasteiger partial charge in [0.25, 0.3) is 0 Å². The molecule has 0 aliphatic heterocycles. The van der Waals surface area contributed by atoms with Gasteiger partial charge in [0.05, 0.1) is 13.7 Å². The van der Waals surface area contributed by atoms with Crippen molar-refractivity contribution < 1.29 is 4.74 Å². The third-order valence-electron chi connectivity index (χ3n) is 3.03. The normalized spacial score (nSPS) is 10.5. The number of rotatable bonds is 4. The number of hydrogen-bond acceptors (Lipinski definition) is 5. The van der Waals surface area contributed by atoms with Gasteiger partial charge in [-0.05, 0) is 36.0 Å². The molecule has 0 aliphatic carbocycles. The molecular weight excluding hydrogens is 286 g/mol. The average molecular weight is 299 g/mol. The predicted octanol–water partition coefficient (Wildman–Crippen LogP) is 2.45. The molecule has 21 heavy (non-hydrogen) atoms. The minimum atomic E-state index is 0.560. The Morgan fingerprint density at radius 3 is 3.00 bits per heavy atom. The summed E-state index contributed by atoms with van der Waals surface area (Å²) in [6.45, 7) is 0.582. The zero-order valence-electron chi connectivity index (χ0n) is 11.4. The lowest BCUT2D eigenvalue weighted by Gasteiger charge is -2.07. The number of H-pyrrole nitrogens is 1. The summed E-state index contributed by atoms with van der Waals surface area (Å²) < 4.78 is 7.62. The Balaban J connectivity index is 1.99. The molecular formula is C14H13N5OS. The van der Waals surface area contributed by atoms with Crippen LogP contribution < -0.4 is 4.74 Å². The maximum atomic E-state index is 5.31. The van der Waals surface area contributed by atoms with Crippen molar-refractivity contribution in [3.63, 3.8) is 0 Å². The van der Waals surface area contributed by atoms with E-state index in [0.717, 1.165) is 17.0 Å². The van der Waals surface area contributed by atoms with Gasteiger partial charge < -0.3 is 4.74 Å². The lowest BCUT2D eigenvalue weighted by atomic mass is 10.2. The Bertz CT molecular complexity index is 796.